The minimum Gasteiger partial charge on any atom is -0.481 e. The van der Waals surface area contributed by atoms with Crippen LogP contribution in [0, 0.1) is 18.6 Å². The van der Waals surface area contributed by atoms with Gasteiger partial charge in [0.15, 0.2) is 5.82 Å². The number of hydrogen-bond acceptors (Lipinski definition) is 3. The predicted molar refractivity (Wildman–Crippen MR) is 65.3 cm³/mol. The van der Waals surface area contributed by atoms with E-state index in [1.54, 1.807) is 13.0 Å². The van der Waals surface area contributed by atoms with Crippen LogP contribution < -0.4 is 10.5 Å². The molecule has 0 radical (unpaired) electrons. The molecular weight excluding hydrogens is 238 g/mol. The van der Waals surface area contributed by atoms with Gasteiger partial charge in [-0.15, -0.1) is 0 Å². The zero-order valence-corrected chi connectivity index (χ0v) is 10.00. The molecule has 1 aromatic heterocycles. The Bertz CT molecular complexity index is 600. The zero-order valence-electron chi connectivity index (χ0n) is 10.00. The van der Waals surface area contributed by atoms with Crippen LogP contribution in [0.1, 0.15) is 5.56 Å². The van der Waals surface area contributed by atoms with E-state index in [0.717, 1.165) is 11.6 Å². The second-order valence-electron chi connectivity index (χ2n) is 3.87. The molecule has 0 amide bonds. The second-order valence-corrected chi connectivity index (χ2v) is 3.87. The maximum atomic E-state index is 13.8. The summed E-state index contributed by atoms with van der Waals surface area (Å²) in [6, 6.07) is 4.18. The van der Waals surface area contributed by atoms with Crippen molar-refractivity contribution >= 4 is 5.69 Å². The Balaban J connectivity index is 2.56. The molecule has 0 aliphatic heterocycles. The molecule has 0 bridgehead atoms. The third-order valence-corrected chi connectivity index (χ3v) is 2.66. The maximum absolute atomic E-state index is 13.8. The van der Waals surface area contributed by atoms with Gasteiger partial charge in [-0.1, -0.05) is 0 Å². The standard InChI is InChI=1S/C13H12F2N2O/c1-7-5-8(6-17-13(7)18-2)9-3-4-10(14)12(16)11(9)15/h3-6H,16H2,1-2H3. The summed E-state index contributed by atoms with van der Waals surface area (Å²) < 4.78 is 31.9. The Morgan fingerprint density at radius 1 is 1.28 bits per heavy atom. The van der Waals surface area contributed by atoms with Crippen LogP contribution in [0.5, 0.6) is 5.88 Å². The lowest BCUT2D eigenvalue weighted by atomic mass is 10.0. The number of aryl methyl sites for hydroxylation is 1. The van der Waals surface area contributed by atoms with Gasteiger partial charge in [0.25, 0.3) is 0 Å². The van der Waals surface area contributed by atoms with Crippen molar-refractivity contribution in [2.24, 2.45) is 0 Å². The average Bonchev–Trinajstić information content (AvgIpc) is 2.36. The van der Waals surface area contributed by atoms with Crippen molar-refractivity contribution in [1.29, 1.82) is 0 Å². The molecule has 18 heavy (non-hydrogen) atoms. The lowest BCUT2D eigenvalue weighted by molar-refractivity contribution is 0.394. The monoisotopic (exact) mass is 250 g/mol. The van der Waals surface area contributed by atoms with E-state index in [1.807, 2.05) is 0 Å². The van der Waals surface area contributed by atoms with Gasteiger partial charge >= 0.3 is 0 Å². The molecule has 94 valence electrons. The molecule has 1 aromatic carbocycles. The van der Waals surface area contributed by atoms with E-state index in [4.69, 9.17) is 10.5 Å². The first-order valence-electron chi connectivity index (χ1n) is 5.29. The number of rotatable bonds is 2. The van der Waals surface area contributed by atoms with Crippen LogP contribution in [0.15, 0.2) is 24.4 Å². The molecule has 3 nitrogen and oxygen atoms in total. The van der Waals surface area contributed by atoms with Crippen LogP contribution in [0.3, 0.4) is 0 Å². The summed E-state index contributed by atoms with van der Waals surface area (Å²) in [4.78, 5) is 4.04. The van der Waals surface area contributed by atoms with Gasteiger partial charge in [-0.25, -0.2) is 13.8 Å². The minimum atomic E-state index is -0.777. The molecule has 0 aliphatic rings. The summed E-state index contributed by atoms with van der Waals surface area (Å²) >= 11 is 0. The number of anilines is 1. The van der Waals surface area contributed by atoms with Gasteiger partial charge in [0.1, 0.15) is 11.5 Å². The summed E-state index contributed by atoms with van der Waals surface area (Å²) in [5.41, 5.74) is 6.34. The molecule has 2 rings (SSSR count). The van der Waals surface area contributed by atoms with E-state index >= 15 is 0 Å². The Morgan fingerprint density at radius 2 is 2.00 bits per heavy atom. The van der Waals surface area contributed by atoms with Gasteiger partial charge in [-0.05, 0) is 25.1 Å². The smallest absolute Gasteiger partial charge is 0.215 e. The molecule has 5 heteroatoms. The largest absolute Gasteiger partial charge is 0.481 e. The minimum absolute atomic E-state index is 0.215. The van der Waals surface area contributed by atoms with Crippen molar-refractivity contribution in [3.63, 3.8) is 0 Å². The van der Waals surface area contributed by atoms with E-state index in [-0.39, 0.29) is 5.56 Å². The SMILES string of the molecule is COc1ncc(-c2ccc(F)c(N)c2F)cc1C. The predicted octanol–water partition coefficient (Wildman–Crippen LogP) is 2.93. The Kier molecular flexibility index (Phi) is 3.14. The molecule has 0 fully saturated rings. The number of hydrogen-bond donors (Lipinski definition) is 1. The number of nitrogens with zero attached hydrogens (tertiary/aromatic N) is 1. The number of aromatic nitrogens is 1. The Morgan fingerprint density at radius 3 is 2.61 bits per heavy atom. The van der Waals surface area contributed by atoms with Crippen molar-refractivity contribution in [2.75, 3.05) is 12.8 Å². The van der Waals surface area contributed by atoms with E-state index in [2.05, 4.69) is 4.98 Å². The number of nitrogens with two attached hydrogens (primary N) is 1. The van der Waals surface area contributed by atoms with Crippen molar-refractivity contribution in [3.05, 3.63) is 41.6 Å². The highest BCUT2D eigenvalue weighted by molar-refractivity contribution is 5.69. The molecule has 0 atom stereocenters. The van der Waals surface area contributed by atoms with Crippen LogP contribution in [-0.2, 0) is 0 Å². The fraction of sp³-hybridized carbons (Fsp3) is 0.154. The van der Waals surface area contributed by atoms with Gasteiger partial charge < -0.3 is 10.5 Å². The fourth-order valence-electron chi connectivity index (χ4n) is 1.72. The van der Waals surface area contributed by atoms with Crippen LogP contribution >= 0.6 is 0 Å². The van der Waals surface area contributed by atoms with Gasteiger partial charge in [-0.2, -0.15) is 0 Å². The maximum Gasteiger partial charge on any atom is 0.215 e. The molecule has 0 unspecified atom stereocenters. The molecule has 2 aromatic rings. The van der Waals surface area contributed by atoms with Gasteiger partial charge in [-0.3, -0.25) is 0 Å². The highest BCUT2D eigenvalue weighted by atomic mass is 19.1. The Hall–Kier alpha value is -2.17. The van der Waals surface area contributed by atoms with Crippen molar-refractivity contribution < 1.29 is 13.5 Å². The lowest BCUT2D eigenvalue weighted by Gasteiger charge is -2.09. The molecule has 0 spiro atoms. The van der Waals surface area contributed by atoms with Crippen LogP contribution in [0.25, 0.3) is 11.1 Å². The normalized spacial score (nSPS) is 10.4. The van der Waals surface area contributed by atoms with Gasteiger partial charge in [0.05, 0.1) is 7.11 Å². The van der Waals surface area contributed by atoms with Crippen LogP contribution in [-0.4, -0.2) is 12.1 Å². The first-order chi connectivity index (χ1) is 8.54. The fourth-order valence-corrected chi connectivity index (χ4v) is 1.72. The van der Waals surface area contributed by atoms with Gasteiger partial charge in [0, 0.05) is 22.9 Å². The molecule has 2 N–H and O–H groups in total. The number of pyridine rings is 1. The van der Waals surface area contributed by atoms with Crippen molar-refractivity contribution in [2.45, 2.75) is 6.92 Å². The van der Waals surface area contributed by atoms with Crippen LogP contribution in [0.4, 0.5) is 14.5 Å². The summed E-state index contributed by atoms with van der Waals surface area (Å²) in [6.45, 7) is 1.79. The third kappa shape index (κ3) is 1.99. The van der Waals surface area contributed by atoms with Crippen molar-refractivity contribution in [3.8, 4) is 17.0 Å². The molecule has 0 saturated heterocycles. The molecule has 1 heterocycles. The third-order valence-electron chi connectivity index (χ3n) is 2.66. The van der Waals surface area contributed by atoms with Crippen LogP contribution in [0.2, 0.25) is 0 Å². The summed E-state index contributed by atoms with van der Waals surface area (Å²) in [5, 5.41) is 0. The number of nitrogen functional groups attached to an aromatic ring is 1. The summed E-state index contributed by atoms with van der Waals surface area (Å²) in [5.74, 6) is -1.08. The highest BCUT2D eigenvalue weighted by Gasteiger charge is 2.13. The molecule has 0 saturated carbocycles. The van der Waals surface area contributed by atoms with E-state index < -0.39 is 17.3 Å². The zero-order chi connectivity index (χ0) is 13.3. The Labute approximate surface area is 103 Å². The van der Waals surface area contributed by atoms with E-state index in [9.17, 15) is 8.78 Å². The highest BCUT2D eigenvalue weighted by Crippen LogP contribution is 2.29. The van der Waals surface area contributed by atoms with Gasteiger partial charge in [0.2, 0.25) is 5.88 Å². The summed E-state index contributed by atoms with van der Waals surface area (Å²) in [6.07, 6.45) is 1.46. The quantitative estimate of drug-likeness (QED) is 0.833. The van der Waals surface area contributed by atoms with E-state index in [1.165, 1.54) is 19.4 Å². The average molecular weight is 250 g/mol. The molecule has 0 aliphatic carbocycles. The summed E-state index contributed by atoms with van der Waals surface area (Å²) in [7, 11) is 1.51. The number of benzene rings is 1. The lowest BCUT2D eigenvalue weighted by Crippen LogP contribution is -1.98. The first-order valence-corrected chi connectivity index (χ1v) is 5.29. The number of methoxy groups -OCH3 is 1. The first kappa shape index (κ1) is 12.3. The van der Waals surface area contributed by atoms with Crippen molar-refractivity contribution in [1.82, 2.24) is 4.98 Å². The number of halogens is 2. The molecular formula is C13H12F2N2O. The second kappa shape index (κ2) is 4.60. The topological polar surface area (TPSA) is 48.1 Å². The number of ether oxygens (including phenoxy) is 1. The van der Waals surface area contributed by atoms with E-state index in [0.29, 0.717) is 11.4 Å².